The second-order valence-corrected chi connectivity index (χ2v) is 5.93. The first kappa shape index (κ1) is 15.0. The zero-order chi connectivity index (χ0) is 16.4. The number of para-hydroxylation sites is 1. The van der Waals surface area contributed by atoms with Crippen LogP contribution in [0.5, 0.6) is 5.75 Å². The largest absolute Gasteiger partial charge is 0.480 e. The monoisotopic (exact) mass is 321 g/mol. The van der Waals surface area contributed by atoms with Crippen molar-refractivity contribution >= 4 is 12.0 Å². The van der Waals surface area contributed by atoms with Crippen molar-refractivity contribution in [2.45, 2.75) is 6.10 Å². The van der Waals surface area contributed by atoms with Gasteiger partial charge in [-0.1, -0.05) is 42.5 Å². The molecular formula is C20H19NO3. The summed E-state index contributed by atoms with van der Waals surface area (Å²) >= 11 is 0. The van der Waals surface area contributed by atoms with Crippen LogP contribution in [0.1, 0.15) is 17.2 Å². The van der Waals surface area contributed by atoms with Gasteiger partial charge in [0.25, 0.3) is 0 Å². The molecule has 0 saturated carbocycles. The van der Waals surface area contributed by atoms with Crippen molar-refractivity contribution in [1.29, 1.82) is 0 Å². The molecule has 2 aliphatic heterocycles. The van der Waals surface area contributed by atoms with Crippen molar-refractivity contribution in [3.8, 4) is 5.75 Å². The van der Waals surface area contributed by atoms with E-state index in [0.29, 0.717) is 18.8 Å². The topological polar surface area (TPSA) is 38.8 Å². The van der Waals surface area contributed by atoms with Crippen LogP contribution in [0, 0.1) is 0 Å². The molecule has 2 aromatic rings. The number of morpholine rings is 1. The number of rotatable bonds is 3. The quantitative estimate of drug-likeness (QED) is 0.815. The maximum Gasteiger partial charge on any atom is 0.154 e. The van der Waals surface area contributed by atoms with Crippen molar-refractivity contribution in [2.24, 2.45) is 0 Å². The molecule has 2 aromatic carbocycles. The van der Waals surface area contributed by atoms with Gasteiger partial charge in [0.1, 0.15) is 5.75 Å². The minimum atomic E-state index is -0.378. The molecule has 1 unspecified atom stereocenters. The van der Waals surface area contributed by atoms with Crippen LogP contribution in [0.15, 0.2) is 60.2 Å². The van der Waals surface area contributed by atoms with Gasteiger partial charge in [0, 0.05) is 18.7 Å². The Hall–Kier alpha value is -2.59. The lowest BCUT2D eigenvalue weighted by Crippen LogP contribution is -2.37. The summed E-state index contributed by atoms with van der Waals surface area (Å²) in [7, 11) is 0. The van der Waals surface area contributed by atoms with E-state index in [0.717, 1.165) is 41.9 Å². The van der Waals surface area contributed by atoms with Gasteiger partial charge in [0.15, 0.2) is 12.4 Å². The molecule has 0 N–H and O–H groups in total. The molecule has 1 saturated heterocycles. The highest BCUT2D eigenvalue weighted by Gasteiger charge is 2.32. The Balaban J connectivity index is 1.87. The predicted molar refractivity (Wildman–Crippen MR) is 91.6 cm³/mol. The highest BCUT2D eigenvalue weighted by molar-refractivity contribution is 5.91. The average molecular weight is 321 g/mol. The summed E-state index contributed by atoms with van der Waals surface area (Å²) in [6, 6.07) is 17.8. The number of hydrogen-bond donors (Lipinski definition) is 0. The Morgan fingerprint density at radius 3 is 2.42 bits per heavy atom. The molecule has 0 radical (unpaired) electrons. The van der Waals surface area contributed by atoms with Gasteiger partial charge in [0.2, 0.25) is 0 Å². The number of hydrogen-bond acceptors (Lipinski definition) is 4. The Bertz CT molecular complexity index is 763. The molecule has 0 spiro atoms. The van der Waals surface area contributed by atoms with Gasteiger partial charge in [-0.3, -0.25) is 4.79 Å². The van der Waals surface area contributed by atoms with Gasteiger partial charge in [0.05, 0.1) is 24.5 Å². The van der Waals surface area contributed by atoms with Crippen LogP contribution < -0.4 is 4.74 Å². The summed E-state index contributed by atoms with van der Waals surface area (Å²) in [5.41, 5.74) is 3.62. The Morgan fingerprint density at radius 1 is 0.958 bits per heavy atom. The number of benzene rings is 2. The molecule has 122 valence electrons. The van der Waals surface area contributed by atoms with Gasteiger partial charge in [-0.05, 0) is 17.7 Å². The van der Waals surface area contributed by atoms with E-state index in [1.165, 1.54) is 0 Å². The minimum Gasteiger partial charge on any atom is -0.480 e. The summed E-state index contributed by atoms with van der Waals surface area (Å²) < 4.78 is 11.7. The predicted octanol–water partition coefficient (Wildman–Crippen LogP) is 3.06. The molecule has 2 heterocycles. The van der Waals surface area contributed by atoms with Crippen molar-refractivity contribution < 1.29 is 14.3 Å². The number of carbonyl (C=O) groups excluding carboxylic acids is 1. The minimum absolute atomic E-state index is 0.378. The molecule has 4 rings (SSSR count). The lowest BCUT2D eigenvalue weighted by molar-refractivity contribution is -0.105. The van der Waals surface area contributed by atoms with Gasteiger partial charge >= 0.3 is 0 Å². The number of carbonyl (C=O) groups is 1. The zero-order valence-electron chi connectivity index (χ0n) is 13.4. The Labute approximate surface area is 141 Å². The Kier molecular flexibility index (Phi) is 4.05. The van der Waals surface area contributed by atoms with E-state index in [9.17, 15) is 4.79 Å². The summed E-state index contributed by atoms with van der Waals surface area (Å²) in [6.45, 7) is 2.91. The molecule has 4 heteroatoms. The summed E-state index contributed by atoms with van der Waals surface area (Å²) in [5.74, 6) is 0.818. The fraction of sp³-hybridized carbons (Fsp3) is 0.250. The van der Waals surface area contributed by atoms with Crippen LogP contribution >= 0.6 is 0 Å². The first-order chi connectivity index (χ1) is 11.9. The van der Waals surface area contributed by atoms with Crippen LogP contribution in [-0.2, 0) is 9.53 Å². The molecule has 4 nitrogen and oxygen atoms in total. The van der Waals surface area contributed by atoms with Crippen LogP contribution in [0.25, 0.3) is 5.70 Å². The highest BCUT2D eigenvalue weighted by atomic mass is 16.5. The van der Waals surface area contributed by atoms with Crippen LogP contribution in [0.2, 0.25) is 0 Å². The third-order valence-electron chi connectivity index (χ3n) is 4.50. The molecule has 0 amide bonds. The highest BCUT2D eigenvalue weighted by Crippen LogP contribution is 2.42. The maximum absolute atomic E-state index is 12.0. The van der Waals surface area contributed by atoms with E-state index < -0.39 is 0 Å². The van der Waals surface area contributed by atoms with Gasteiger partial charge < -0.3 is 14.4 Å². The van der Waals surface area contributed by atoms with Crippen molar-refractivity contribution in [3.63, 3.8) is 0 Å². The lowest BCUT2D eigenvalue weighted by Gasteiger charge is -2.37. The molecule has 1 atom stereocenters. The average Bonchev–Trinajstić information content (AvgIpc) is 2.67. The second-order valence-electron chi connectivity index (χ2n) is 5.93. The van der Waals surface area contributed by atoms with E-state index in [2.05, 4.69) is 4.90 Å². The van der Waals surface area contributed by atoms with Crippen LogP contribution in [0.3, 0.4) is 0 Å². The normalized spacial score (nSPS) is 20.3. The van der Waals surface area contributed by atoms with Gasteiger partial charge in [-0.2, -0.15) is 0 Å². The van der Waals surface area contributed by atoms with Gasteiger partial charge in [-0.25, -0.2) is 0 Å². The van der Waals surface area contributed by atoms with E-state index in [-0.39, 0.29) is 6.10 Å². The smallest absolute Gasteiger partial charge is 0.154 e. The van der Waals surface area contributed by atoms with E-state index in [1.807, 2.05) is 54.6 Å². The molecule has 0 bridgehead atoms. The fourth-order valence-electron chi connectivity index (χ4n) is 3.37. The van der Waals surface area contributed by atoms with E-state index >= 15 is 0 Å². The number of ether oxygens (including phenoxy) is 2. The van der Waals surface area contributed by atoms with Crippen molar-refractivity contribution in [1.82, 2.24) is 4.90 Å². The van der Waals surface area contributed by atoms with Crippen LogP contribution in [0.4, 0.5) is 0 Å². The van der Waals surface area contributed by atoms with Crippen LogP contribution in [-0.4, -0.2) is 37.5 Å². The summed E-state index contributed by atoms with van der Waals surface area (Å²) in [5, 5.41) is 0. The molecular weight excluding hydrogens is 302 g/mol. The van der Waals surface area contributed by atoms with Gasteiger partial charge in [-0.15, -0.1) is 0 Å². The Morgan fingerprint density at radius 2 is 1.67 bits per heavy atom. The maximum atomic E-state index is 12.0. The first-order valence-corrected chi connectivity index (χ1v) is 8.21. The summed E-state index contributed by atoms with van der Waals surface area (Å²) in [6.07, 6.45) is 0.565. The van der Waals surface area contributed by atoms with Crippen molar-refractivity contribution in [3.05, 3.63) is 71.3 Å². The number of aldehydes is 1. The SMILES string of the molecule is O=CC1=C(N2CCOCC2)c2ccccc2OC1c1ccccc1. The molecule has 2 aliphatic rings. The third kappa shape index (κ3) is 2.59. The standard InChI is InChI=1S/C20H19NO3/c22-14-17-19(21-10-12-23-13-11-21)16-8-4-5-9-18(16)24-20(17)15-6-2-1-3-7-15/h1-9,14,20H,10-13H2. The van der Waals surface area contributed by atoms with E-state index in [1.54, 1.807) is 0 Å². The fourth-order valence-corrected chi connectivity index (χ4v) is 3.37. The molecule has 1 fully saturated rings. The second kappa shape index (κ2) is 6.49. The zero-order valence-corrected chi connectivity index (χ0v) is 13.4. The third-order valence-corrected chi connectivity index (χ3v) is 4.50. The summed E-state index contributed by atoms with van der Waals surface area (Å²) in [4.78, 5) is 14.3. The van der Waals surface area contributed by atoms with E-state index in [4.69, 9.17) is 9.47 Å². The molecule has 0 aromatic heterocycles. The van der Waals surface area contributed by atoms with Crippen molar-refractivity contribution in [2.75, 3.05) is 26.3 Å². The molecule has 24 heavy (non-hydrogen) atoms. The lowest BCUT2D eigenvalue weighted by atomic mass is 9.93. The molecule has 0 aliphatic carbocycles. The first-order valence-electron chi connectivity index (χ1n) is 8.21. The number of nitrogens with zero attached hydrogens (tertiary/aromatic N) is 1. The number of fused-ring (bicyclic) bond motifs is 1.